The van der Waals surface area contributed by atoms with Gasteiger partial charge in [-0.15, -0.1) is 0 Å². The zero-order valence-corrected chi connectivity index (χ0v) is 11.9. The highest BCUT2D eigenvalue weighted by molar-refractivity contribution is 5.99. The van der Waals surface area contributed by atoms with Crippen LogP contribution in [0.25, 0.3) is 0 Å². The second-order valence-electron chi connectivity index (χ2n) is 5.11. The molecule has 0 radical (unpaired) electrons. The Hall–Kier alpha value is -1.38. The highest BCUT2D eigenvalue weighted by Gasteiger charge is 2.16. The van der Waals surface area contributed by atoms with Gasteiger partial charge in [-0.2, -0.15) is 0 Å². The van der Waals surface area contributed by atoms with Crippen LogP contribution in [0.1, 0.15) is 43.6 Å². The molecule has 0 bridgehead atoms. The molecule has 0 saturated heterocycles. The molecule has 0 aliphatic heterocycles. The van der Waals surface area contributed by atoms with Crippen LogP contribution in [0.15, 0.2) is 12.1 Å². The normalized spacial score (nSPS) is 10.8. The second-order valence-corrected chi connectivity index (χ2v) is 5.11. The Kier molecular flexibility index (Phi) is 4.88. The van der Waals surface area contributed by atoms with E-state index in [2.05, 4.69) is 18.7 Å². The lowest BCUT2D eigenvalue weighted by Crippen LogP contribution is -2.28. The number of anilines is 1. The van der Waals surface area contributed by atoms with Gasteiger partial charge in [-0.1, -0.05) is 13.8 Å². The molecule has 2 nitrogen and oxygen atoms in total. The van der Waals surface area contributed by atoms with Crippen LogP contribution in [-0.2, 0) is 0 Å². The molecule has 1 aromatic carbocycles. The van der Waals surface area contributed by atoms with Gasteiger partial charge in [-0.05, 0) is 44.4 Å². The molecule has 0 unspecified atom stereocenters. The summed E-state index contributed by atoms with van der Waals surface area (Å²) in [6, 6.07) is 3.13. The molecule has 18 heavy (non-hydrogen) atoms. The molecule has 0 fully saturated rings. The van der Waals surface area contributed by atoms with Crippen LogP contribution < -0.4 is 4.90 Å². The first-order chi connectivity index (χ1) is 8.36. The standard InChI is InChI=1S/C15H22FNO/c1-6-17(9-10(2)3)15-7-11(4)14(16)8-13(15)12(5)18/h7-8,10H,6,9H2,1-5H3. The lowest BCUT2D eigenvalue weighted by Gasteiger charge is -2.27. The molecule has 0 saturated carbocycles. The summed E-state index contributed by atoms with van der Waals surface area (Å²) < 4.78 is 13.6. The first-order valence-corrected chi connectivity index (χ1v) is 6.42. The zero-order valence-electron chi connectivity index (χ0n) is 11.9. The summed E-state index contributed by atoms with van der Waals surface area (Å²) in [6.45, 7) is 11.2. The number of halogens is 1. The Labute approximate surface area is 109 Å². The molecule has 1 rings (SSSR count). The summed E-state index contributed by atoms with van der Waals surface area (Å²) in [7, 11) is 0. The van der Waals surface area contributed by atoms with E-state index in [1.807, 2.05) is 6.92 Å². The van der Waals surface area contributed by atoms with Gasteiger partial charge in [-0.3, -0.25) is 4.79 Å². The Morgan fingerprint density at radius 2 is 2.00 bits per heavy atom. The van der Waals surface area contributed by atoms with Gasteiger partial charge >= 0.3 is 0 Å². The fraction of sp³-hybridized carbons (Fsp3) is 0.533. The third-order valence-electron chi connectivity index (χ3n) is 2.96. The summed E-state index contributed by atoms with van der Waals surface area (Å²) in [5.74, 6) is 0.0887. The number of Topliss-reactive ketones (excluding diaryl/α,β-unsaturated/α-hetero) is 1. The van der Waals surface area contributed by atoms with Crippen molar-refractivity contribution < 1.29 is 9.18 Å². The van der Waals surface area contributed by atoms with Gasteiger partial charge in [0, 0.05) is 24.3 Å². The largest absolute Gasteiger partial charge is 0.371 e. The van der Waals surface area contributed by atoms with Crippen LogP contribution >= 0.6 is 0 Å². The van der Waals surface area contributed by atoms with E-state index in [0.717, 1.165) is 18.8 Å². The Morgan fingerprint density at radius 3 is 2.44 bits per heavy atom. The zero-order chi connectivity index (χ0) is 13.9. The molecule has 0 spiro atoms. The van der Waals surface area contributed by atoms with Crippen LogP contribution in [0.5, 0.6) is 0 Å². The topological polar surface area (TPSA) is 20.3 Å². The van der Waals surface area contributed by atoms with Gasteiger partial charge < -0.3 is 4.90 Å². The fourth-order valence-corrected chi connectivity index (χ4v) is 2.05. The average Bonchev–Trinajstić information content (AvgIpc) is 2.28. The smallest absolute Gasteiger partial charge is 0.161 e. The number of ketones is 1. The number of hydrogen-bond donors (Lipinski definition) is 0. The van der Waals surface area contributed by atoms with E-state index in [1.54, 1.807) is 13.0 Å². The minimum Gasteiger partial charge on any atom is -0.371 e. The highest BCUT2D eigenvalue weighted by atomic mass is 19.1. The molecule has 100 valence electrons. The van der Waals surface area contributed by atoms with E-state index in [4.69, 9.17) is 0 Å². The number of nitrogens with zero attached hydrogens (tertiary/aromatic N) is 1. The summed E-state index contributed by atoms with van der Waals surface area (Å²) in [5.41, 5.74) is 1.90. The molecule has 0 atom stereocenters. The number of rotatable bonds is 5. The van der Waals surface area contributed by atoms with Crippen molar-refractivity contribution >= 4 is 11.5 Å². The van der Waals surface area contributed by atoms with Crippen molar-refractivity contribution in [1.29, 1.82) is 0 Å². The van der Waals surface area contributed by atoms with Crippen molar-refractivity contribution in [3.8, 4) is 0 Å². The SMILES string of the molecule is CCN(CC(C)C)c1cc(C)c(F)cc1C(C)=O. The maximum Gasteiger partial charge on any atom is 0.161 e. The third kappa shape index (κ3) is 3.31. The summed E-state index contributed by atoms with van der Waals surface area (Å²) >= 11 is 0. The average molecular weight is 251 g/mol. The molecule has 0 N–H and O–H groups in total. The minimum absolute atomic E-state index is 0.0916. The number of carbonyl (C=O) groups excluding carboxylic acids is 1. The van der Waals surface area contributed by atoms with Crippen LogP contribution in [0.2, 0.25) is 0 Å². The predicted molar refractivity (Wildman–Crippen MR) is 73.9 cm³/mol. The van der Waals surface area contributed by atoms with Crippen LogP contribution in [0, 0.1) is 18.7 Å². The van der Waals surface area contributed by atoms with Crippen LogP contribution in [0.4, 0.5) is 10.1 Å². The lowest BCUT2D eigenvalue weighted by atomic mass is 10.0. The number of aryl methyl sites for hydroxylation is 1. The Balaban J connectivity index is 3.27. The van der Waals surface area contributed by atoms with Gasteiger partial charge in [0.15, 0.2) is 5.78 Å². The second kappa shape index (κ2) is 5.98. The van der Waals surface area contributed by atoms with E-state index in [0.29, 0.717) is 17.0 Å². The number of carbonyl (C=O) groups is 1. The van der Waals surface area contributed by atoms with Gasteiger partial charge in [0.1, 0.15) is 5.82 Å². The fourth-order valence-electron chi connectivity index (χ4n) is 2.05. The van der Waals surface area contributed by atoms with Gasteiger partial charge in [0.2, 0.25) is 0 Å². The summed E-state index contributed by atoms with van der Waals surface area (Å²) in [5, 5.41) is 0. The quantitative estimate of drug-likeness (QED) is 0.741. The van der Waals surface area contributed by atoms with Gasteiger partial charge in [0.05, 0.1) is 0 Å². The van der Waals surface area contributed by atoms with E-state index in [9.17, 15) is 9.18 Å². The van der Waals surface area contributed by atoms with Crippen molar-refractivity contribution in [2.75, 3.05) is 18.0 Å². The Morgan fingerprint density at radius 1 is 1.39 bits per heavy atom. The van der Waals surface area contributed by atoms with Crippen molar-refractivity contribution in [2.45, 2.75) is 34.6 Å². The number of benzene rings is 1. The van der Waals surface area contributed by atoms with E-state index in [1.165, 1.54) is 13.0 Å². The highest BCUT2D eigenvalue weighted by Crippen LogP contribution is 2.25. The van der Waals surface area contributed by atoms with Crippen LogP contribution in [0.3, 0.4) is 0 Å². The first kappa shape index (κ1) is 14.7. The van der Waals surface area contributed by atoms with E-state index >= 15 is 0 Å². The molecule has 0 aromatic heterocycles. The molecule has 0 aliphatic rings. The molecular formula is C15H22FNO. The van der Waals surface area contributed by atoms with Gasteiger partial charge in [0.25, 0.3) is 0 Å². The minimum atomic E-state index is -0.315. The molecule has 3 heteroatoms. The van der Waals surface area contributed by atoms with Crippen LogP contribution in [-0.4, -0.2) is 18.9 Å². The Bertz CT molecular complexity index is 440. The first-order valence-electron chi connectivity index (χ1n) is 6.42. The van der Waals surface area contributed by atoms with Crippen molar-refractivity contribution in [3.05, 3.63) is 29.1 Å². The maximum atomic E-state index is 13.6. The molecule has 0 heterocycles. The predicted octanol–water partition coefficient (Wildman–Crippen LogP) is 3.82. The van der Waals surface area contributed by atoms with E-state index < -0.39 is 0 Å². The van der Waals surface area contributed by atoms with Crippen molar-refractivity contribution in [3.63, 3.8) is 0 Å². The maximum absolute atomic E-state index is 13.6. The molecular weight excluding hydrogens is 229 g/mol. The van der Waals surface area contributed by atoms with E-state index in [-0.39, 0.29) is 11.6 Å². The molecule has 0 aliphatic carbocycles. The lowest BCUT2D eigenvalue weighted by molar-refractivity contribution is 0.101. The monoisotopic (exact) mass is 251 g/mol. The third-order valence-corrected chi connectivity index (χ3v) is 2.96. The van der Waals surface area contributed by atoms with Gasteiger partial charge in [-0.25, -0.2) is 4.39 Å². The molecule has 1 aromatic rings. The molecule has 0 amide bonds. The summed E-state index contributed by atoms with van der Waals surface area (Å²) in [4.78, 5) is 13.8. The summed E-state index contributed by atoms with van der Waals surface area (Å²) in [6.07, 6.45) is 0. The number of hydrogen-bond acceptors (Lipinski definition) is 2. The van der Waals surface area contributed by atoms with Crippen molar-refractivity contribution in [1.82, 2.24) is 0 Å². The van der Waals surface area contributed by atoms with Crippen molar-refractivity contribution in [2.24, 2.45) is 5.92 Å².